The Bertz CT molecular complexity index is 548. The van der Waals surface area contributed by atoms with Crippen LogP contribution in [0.15, 0.2) is 0 Å². The highest BCUT2D eigenvalue weighted by molar-refractivity contribution is 8.00. The number of thioether (sulfide) groups is 1. The van der Waals surface area contributed by atoms with Gasteiger partial charge in [0, 0.05) is 30.6 Å². The Hall–Kier alpha value is -1.03. The zero-order valence-electron chi connectivity index (χ0n) is 16.8. The fourth-order valence-corrected chi connectivity index (χ4v) is 5.37. The highest BCUT2D eigenvalue weighted by Gasteiger charge is 2.42. The second-order valence-electron chi connectivity index (χ2n) is 8.10. The highest BCUT2D eigenvalue weighted by atomic mass is 32.2. The molecule has 0 aromatic rings. The van der Waals surface area contributed by atoms with Crippen molar-refractivity contribution in [1.29, 1.82) is 0 Å². The number of amides is 3. The van der Waals surface area contributed by atoms with Crippen LogP contribution in [0.3, 0.4) is 0 Å². The molecular weight excluding hydrogens is 382 g/mol. The van der Waals surface area contributed by atoms with Crippen molar-refractivity contribution in [3.63, 3.8) is 0 Å². The third-order valence-electron chi connectivity index (χ3n) is 5.24. The van der Waals surface area contributed by atoms with Crippen LogP contribution in [0.4, 0.5) is 4.79 Å². The van der Waals surface area contributed by atoms with E-state index in [1.54, 1.807) is 0 Å². The predicted octanol–water partition coefficient (Wildman–Crippen LogP) is 1.39. The molecule has 3 aliphatic rings. The summed E-state index contributed by atoms with van der Waals surface area (Å²) in [6.07, 6.45) is 4.26. The quantitative estimate of drug-likeness (QED) is 0.348. The monoisotopic (exact) mass is 415 g/mol. The normalized spacial score (nSPS) is 30.7. The maximum Gasteiger partial charge on any atom is 0.315 e. The molecule has 3 amide bonds. The number of unbranched alkanes of at least 4 members (excludes halogenated alkanes) is 1. The molecule has 0 aromatic heterocycles. The van der Waals surface area contributed by atoms with E-state index in [2.05, 4.69) is 16.0 Å². The van der Waals surface area contributed by atoms with Crippen molar-refractivity contribution in [1.82, 2.24) is 16.0 Å². The van der Waals surface area contributed by atoms with Gasteiger partial charge < -0.3 is 30.2 Å². The number of hydrogen-bond acceptors (Lipinski definition) is 6. The number of ether oxygens (including phenoxy) is 3. The smallest absolute Gasteiger partial charge is 0.315 e. The lowest BCUT2D eigenvalue weighted by atomic mass is 10.0. The fourth-order valence-electron chi connectivity index (χ4n) is 3.82. The third kappa shape index (κ3) is 6.50. The molecule has 3 rings (SSSR count). The zero-order valence-corrected chi connectivity index (χ0v) is 17.6. The van der Waals surface area contributed by atoms with E-state index in [9.17, 15) is 9.59 Å². The molecule has 8 nitrogen and oxygen atoms in total. The third-order valence-corrected chi connectivity index (χ3v) is 6.75. The van der Waals surface area contributed by atoms with Gasteiger partial charge in [0.15, 0.2) is 5.79 Å². The summed E-state index contributed by atoms with van der Waals surface area (Å²) >= 11 is 1.92. The molecule has 0 aliphatic carbocycles. The van der Waals surface area contributed by atoms with Gasteiger partial charge in [-0.05, 0) is 33.1 Å². The van der Waals surface area contributed by atoms with Gasteiger partial charge in [0.1, 0.15) is 6.10 Å². The van der Waals surface area contributed by atoms with Crippen LogP contribution in [0, 0.1) is 0 Å². The van der Waals surface area contributed by atoms with Gasteiger partial charge in [-0.15, -0.1) is 0 Å². The molecule has 0 bridgehead atoms. The lowest BCUT2D eigenvalue weighted by Crippen LogP contribution is -2.36. The first-order valence-corrected chi connectivity index (χ1v) is 11.3. The van der Waals surface area contributed by atoms with E-state index in [-0.39, 0.29) is 30.1 Å². The van der Waals surface area contributed by atoms with E-state index in [1.165, 1.54) is 0 Å². The molecule has 0 aromatic carbocycles. The van der Waals surface area contributed by atoms with Crippen LogP contribution in [0.2, 0.25) is 0 Å². The molecule has 3 fully saturated rings. The summed E-state index contributed by atoms with van der Waals surface area (Å²) in [4.78, 5) is 23.3. The summed E-state index contributed by atoms with van der Waals surface area (Å²) in [5.74, 6) is 0.568. The molecule has 160 valence electrons. The van der Waals surface area contributed by atoms with Crippen LogP contribution < -0.4 is 16.0 Å². The van der Waals surface area contributed by atoms with Crippen molar-refractivity contribution in [3.05, 3.63) is 0 Å². The molecule has 28 heavy (non-hydrogen) atoms. The Morgan fingerprint density at radius 1 is 1.32 bits per heavy atom. The standard InChI is InChI=1S/C19H33N3O5S/c1-19(2)26-11-13(27-19)10-25-9-5-8-20-16(23)7-4-3-6-15-17-14(12-28-15)21-18(24)22-17/h13-15,17H,3-12H2,1-2H3,(H,20,23)(H2,21,22,24)/t13?,14-,15-,17-/m0/s1. The van der Waals surface area contributed by atoms with Crippen molar-refractivity contribution in [2.75, 3.05) is 32.1 Å². The van der Waals surface area contributed by atoms with Gasteiger partial charge in [0.25, 0.3) is 0 Å². The molecular formula is C19H33N3O5S. The Kier molecular flexibility index (Phi) is 7.85. The first-order valence-electron chi connectivity index (χ1n) is 10.3. The number of rotatable bonds is 11. The van der Waals surface area contributed by atoms with Gasteiger partial charge >= 0.3 is 6.03 Å². The van der Waals surface area contributed by atoms with Crippen LogP contribution in [0.25, 0.3) is 0 Å². The Morgan fingerprint density at radius 2 is 2.18 bits per heavy atom. The Morgan fingerprint density at radius 3 is 2.96 bits per heavy atom. The lowest BCUT2D eigenvalue weighted by Gasteiger charge is -2.17. The van der Waals surface area contributed by atoms with Gasteiger partial charge in [-0.25, -0.2) is 4.79 Å². The molecule has 3 saturated heterocycles. The topological polar surface area (TPSA) is 97.9 Å². The van der Waals surface area contributed by atoms with E-state index >= 15 is 0 Å². The van der Waals surface area contributed by atoms with Gasteiger partial charge in [-0.1, -0.05) is 6.42 Å². The van der Waals surface area contributed by atoms with Gasteiger partial charge in [-0.2, -0.15) is 11.8 Å². The van der Waals surface area contributed by atoms with Crippen LogP contribution in [-0.2, 0) is 19.0 Å². The molecule has 0 spiro atoms. The van der Waals surface area contributed by atoms with Crippen LogP contribution >= 0.6 is 11.8 Å². The van der Waals surface area contributed by atoms with Crippen LogP contribution in [0.1, 0.15) is 46.0 Å². The Labute approximate surface area is 171 Å². The lowest BCUT2D eigenvalue weighted by molar-refractivity contribution is -0.145. The number of carbonyl (C=O) groups is 2. The molecule has 3 N–H and O–H groups in total. The molecule has 9 heteroatoms. The molecule has 0 radical (unpaired) electrons. The van der Waals surface area contributed by atoms with E-state index in [4.69, 9.17) is 14.2 Å². The van der Waals surface area contributed by atoms with E-state index in [0.717, 1.165) is 31.4 Å². The van der Waals surface area contributed by atoms with Crippen LogP contribution in [0.5, 0.6) is 0 Å². The minimum absolute atomic E-state index is 0.00812. The Balaban J connectivity index is 1.14. The summed E-state index contributed by atoms with van der Waals surface area (Å²) in [5, 5.41) is 9.37. The van der Waals surface area contributed by atoms with Crippen molar-refractivity contribution in [2.45, 2.75) is 75.2 Å². The molecule has 3 heterocycles. The van der Waals surface area contributed by atoms with Gasteiger partial charge in [-0.3, -0.25) is 4.79 Å². The molecule has 3 aliphatic heterocycles. The average molecular weight is 416 g/mol. The van der Waals surface area contributed by atoms with E-state index in [0.29, 0.717) is 38.0 Å². The summed E-state index contributed by atoms with van der Waals surface area (Å²) in [6.45, 7) is 6.11. The zero-order chi connectivity index (χ0) is 20.0. The molecule has 0 saturated carbocycles. The minimum atomic E-state index is -0.512. The predicted molar refractivity (Wildman–Crippen MR) is 107 cm³/mol. The first kappa shape index (κ1) is 21.7. The first-order chi connectivity index (χ1) is 13.4. The van der Waals surface area contributed by atoms with Crippen molar-refractivity contribution in [3.8, 4) is 0 Å². The number of carbonyl (C=O) groups excluding carboxylic acids is 2. The van der Waals surface area contributed by atoms with Crippen molar-refractivity contribution >= 4 is 23.7 Å². The van der Waals surface area contributed by atoms with Crippen molar-refractivity contribution < 1.29 is 23.8 Å². The highest BCUT2D eigenvalue weighted by Crippen LogP contribution is 2.33. The minimum Gasteiger partial charge on any atom is -0.379 e. The largest absolute Gasteiger partial charge is 0.379 e. The maximum atomic E-state index is 11.9. The summed E-state index contributed by atoms with van der Waals surface area (Å²) in [6, 6.07) is 0.474. The second kappa shape index (κ2) is 10.1. The van der Waals surface area contributed by atoms with E-state index in [1.807, 2.05) is 25.6 Å². The van der Waals surface area contributed by atoms with Crippen molar-refractivity contribution in [2.24, 2.45) is 0 Å². The second-order valence-corrected chi connectivity index (χ2v) is 9.37. The summed E-state index contributed by atoms with van der Waals surface area (Å²) in [5.41, 5.74) is 0. The van der Waals surface area contributed by atoms with Gasteiger partial charge in [0.2, 0.25) is 5.91 Å². The summed E-state index contributed by atoms with van der Waals surface area (Å²) < 4.78 is 16.8. The van der Waals surface area contributed by atoms with Crippen LogP contribution in [-0.4, -0.2) is 73.3 Å². The summed E-state index contributed by atoms with van der Waals surface area (Å²) in [7, 11) is 0. The van der Waals surface area contributed by atoms with E-state index < -0.39 is 5.79 Å². The number of urea groups is 1. The molecule has 1 unspecified atom stereocenters. The average Bonchev–Trinajstić information content (AvgIpc) is 3.29. The number of nitrogens with one attached hydrogen (secondary N) is 3. The fraction of sp³-hybridized carbons (Fsp3) is 0.895. The SMILES string of the molecule is CC1(C)OCC(COCCCNC(=O)CCCC[C@@H]2SC[C@@H]3NC(=O)N[C@@H]32)O1. The van der Waals surface area contributed by atoms with Gasteiger partial charge in [0.05, 0.1) is 25.3 Å². The number of fused-ring (bicyclic) bond motifs is 1. The number of hydrogen-bond donors (Lipinski definition) is 3. The maximum absolute atomic E-state index is 11.9. The molecule has 4 atom stereocenters.